The second kappa shape index (κ2) is 4.37. The van der Waals surface area contributed by atoms with Gasteiger partial charge in [0.25, 0.3) is 0 Å². The van der Waals surface area contributed by atoms with Crippen LogP contribution in [-0.2, 0) is 23.9 Å². The van der Waals surface area contributed by atoms with E-state index in [2.05, 4.69) is 6.58 Å². The highest BCUT2D eigenvalue weighted by Gasteiger charge is 2.74. The summed E-state index contributed by atoms with van der Waals surface area (Å²) in [5.41, 5.74) is 0.398. The molecule has 0 aromatic heterocycles. The molecule has 3 aliphatic carbocycles. The predicted octanol–water partition coefficient (Wildman–Crippen LogP) is 1.69. The van der Waals surface area contributed by atoms with Gasteiger partial charge >= 0.3 is 5.97 Å². The highest BCUT2D eigenvalue weighted by molar-refractivity contribution is 5.98. The van der Waals surface area contributed by atoms with Gasteiger partial charge in [-0.3, -0.25) is 14.4 Å². The van der Waals surface area contributed by atoms with Crippen LogP contribution in [0.4, 0.5) is 0 Å². The maximum Gasteiger partial charge on any atom is 0.309 e. The van der Waals surface area contributed by atoms with Crippen molar-refractivity contribution in [3.05, 3.63) is 12.2 Å². The number of ketones is 2. The standard InChI is InChI=1S/C19H22O5/c1-7(2)8-4-9-12(10(20)5-8)17-16(21)15-14-11(6-19(15,3)24-17)23-18(22)13(9)14/h8-9,11-15,17H,1,4-6H2,2-3H3/t8-,9-,11+,12+,13-,14-,15-,17-,19+/m0/s1. The van der Waals surface area contributed by atoms with Gasteiger partial charge in [-0.15, -0.1) is 0 Å². The Hall–Kier alpha value is -1.49. The molecule has 5 heteroatoms. The number of allylic oxidation sites excluding steroid dienone is 1. The van der Waals surface area contributed by atoms with Crippen molar-refractivity contribution in [2.75, 3.05) is 0 Å². The van der Waals surface area contributed by atoms with Crippen LogP contribution in [0, 0.1) is 35.5 Å². The number of esters is 1. The van der Waals surface area contributed by atoms with Crippen molar-refractivity contribution in [1.29, 1.82) is 0 Å². The third kappa shape index (κ3) is 1.57. The highest BCUT2D eigenvalue weighted by Crippen LogP contribution is 2.63. The molecule has 5 rings (SSSR count). The van der Waals surface area contributed by atoms with Gasteiger partial charge < -0.3 is 9.47 Å². The Kier molecular flexibility index (Phi) is 2.70. The fourth-order valence-electron chi connectivity index (χ4n) is 6.39. The van der Waals surface area contributed by atoms with Crippen molar-refractivity contribution in [3.8, 4) is 0 Å². The van der Waals surface area contributed by atoms with Gasteiger partial charge in [0.05, 0.1) is 23.4 Å². The Morgan fingerprint density at radius 3 is 2.71 bits per heavy atom. The van der Waals surface area contributed by atoms with Crippen LogP contribution in [0.5, 0.6) is 0 Å². The number of fused-ring (bicyclic) bond motifs is 4. The summed E-state index contributed by atoms with van der Waals surface area (Å²) in [5, 5.41) is 0. The number of carbonyl (C=O) groups excluding carboxylic acids is 3. The largest absolute Gasteiger partial charge is 0.462 e. The molecule has 5 fully saturated rings. The minimum absolute atomic E-state index is 0.0305. The van der Waals surface area contributed by atoms with E-state index in [9.17, 15) is 14.4 Å². The van der Waals surface area contributed by atoms with Gasteiger partial charge in [0.2, 0.25) is 0 Å². The summed E-state index contributed by atoms with van der Waals surface area (Å²) in [5.74, 6) is -1.44. The summed E-state index contributed by atoms with van der Waals surface area (Å²) in [6, 6.07) is 0. The quantitative estimate of drug-likeness (QED) is 0.540. The molecule has 3 saturated carbocycles. The molecule has 5 nitrogen and oxygen atoms in total. The zero-order valence-electron chi connectivity index (χ0n) is 14.0. The van der Waals surface area contributed by atoms with E-state index in [1.165, 1.54) is 0 Å². The van der Waals surface area contributed by atoms with Gasteiger partial charge in [-0.25, -0.2) is 0 Å². The number of hydrogen-bond acceptors (Lipinski definition) is 5. The highest BCUT2D eigenvalue weighted by atomic mass is 16.6. The van der Waals surface area contributed by atoms with Crippen LogP contribution in [0.1, 0.15) is 33.1 Å². The topological polar surface area (TPSA) is 69.7 Å². The Morgan fingerprint density at radius 2 is 2.00 bits per heavy atom. The average Bonchev–Trinajstić information content (AvgIpc) is 2.99. The van der Waals surface area contributed by atoms with Crippen molar-refractivity contribution in [1.82, 2.24) is 0 Å². The molecule has 0 N–H and O–H groups in total. The lowest BCUT2D eigenvalue weighted by molar-refractivity contribution is -0.160. The van der Waals surface area contributed by atoms with E-state index in [4.69, 9.17) is 9.47 Å². The predicted molar refractivity (Wildman–Crippen MR) is 82.8 cm³/mol. The molecule has 0 unspecified atom stereocenters. The van der Waals surface area contributed by atoms with E-state index in [1.807, 2.05) is 13.8 Å². The first-order valence-corrected chi connectivity index (χ1v) is 8.92. The lowest BCUT2D eigenvalue weighted by atomic mass is 9.63. The molecule has 2 aliphatic heterocycles. The molecular weight excluding hydrogens is 308 g/mol. The van der Waals surface area contributed by atoms with Gasteiger partial charge in [-0.1, -0.05) is 12.2 Å². The van der Waals surface area contributed by atoms with Crippen LogP contribution in [0.25, 0.3) is 0 Å². The number of ether oxygens (including phenoxy) is 2. The van der Waals surface area contributed by atoms with Crippen molar-refractivity contribution >= 4 is 17.5 Å². The monoisotopic (exact) mass is 330 g/mol. The van der Waals surface area contributed by atoms with E-state index in [-0.39, 0.29) is 53.2 Å². The summed E-state index contributed by atoms with van der Waals surface area (Å²) >= 11 is 0. The Balaban J connectivity index is 1.66. The normalized spacial score (nSPS) is 54.5. The van der Waals surface area contributed by atoms with Crippen molar-refractivity contribution in [3.63, 3.8) is 0 Å². The van der Waals surface area contributed by atoms with E-state index in [0.717, 1.165) is 12.0 Å². The number of carbonyl (C=O) groups is 3. The minimum Gasteiger partial charge on any atom is -0.462 e. The van der Waals surface area contributed by atoms with Gasteiger partial charge in [0.15, 0.2) is 5.78 Å². The SMILES string of the molecule is C=C(C)[C@@H]1CC(=O)[C@H]2[C@H](C1)[C@@H]1C(=O)O[C@@H]3C[C@@]4(C)O[C@@H]2C(=O)[C@@H]4[C@H]13. The summed E-state index contributed by atoms with van der Waals surface area (Å²) < 4.78 is 11.8. The van der Waals surface area contributed by atoms with Gasteiger partial charge in [0.1, 0.15) is 18.0 Å². The van der Waals surface area contributed by atoms with Gasteiger partial charge in [-0.05, 0) is 32.1 Å². The van der Waals surface area contributed by atoms with Crippen molar-refractivity contribution in [2.45, 2.75) is 50.9 Å². The molecule has 0 aromatic carbocycles. The first kappa shape index (κ1) is 14.8. The van der Waals surface area contributed by atoms with Crippen LogP contribution < -0.4 is 0 Å². The molecule has 2 heterocycles. The molecule has 24 heavy (non-hydrogen) atoms. The maximum absolute atomic E-state index is 13.1. The average molecular weight is 330 g/mol. The van der Waals surface area contributed by atoms with E-state index < -0.39 is 17.6 Å². The first-order chi connectivity index (χ1) is 11.3. The fourth-order valence-corrected chi connectivity index (χ4v) is 6.39. The number of rotatable bonds is 1. The van der Waals surface area contributed by atoms with Crippen LogP contribution in [0.3, 0.4) is 0 Å². The summed E-state index contributed by atoms with van der Waals surface area (Å²) in [7, 11) is 0. The zero-order valence-corrected chi connectivity index (χ0v) is 14.0. The van der Waals surface area contributed by atoms with Crippen LogP contribution in [0.2, 0.25) is 0 Å². The third-order valence-corrected chi connectivity index (χ3v) is 7.34. The van der Waals surface area contributed by atoms with Crippen LogP contribution in [-0.4, -0.2) is 35.3 Å². The molecule has 5 aliphatic rings. The van der Waals surface area contributed by atoms with E-state index in [0.29, 0.717) is 12.8 Å². The second-order valence-corrected chi connectivity index (χ2v) is 8.65. The van der Waals surface area contributed by atoms with E-state index >= 15 is 0 Å². The molecule has 0 radical (unpaired) electrons. The summed E-state index contributed by atoms with van der Waals surface area (Å²) in [6.07, 6.45) is 0.806. The number of Topliss-reactive ketones (excluding diaryl/α,β-unsaturated/α-hetero) is 2. The lowest BCUT2D eigenvalue weighted by Crippen LogP contribution is -2.47. The first-order valence-electron chi connectivity index (χ1n) is 8.92. The van der Waals surface area contributed by atoms with Gasteiger partial charge in [0, 0.05) is 18.8 Å². The fraction of sp³-hybridized carbons (Fsp3) is 0.737. The van der Waals surface area contributed by atoms with E-state index in [1.54, 1.807) is 0 Å². The third-order valence-electron chi connectivity index (χ3n) is 7.34. The lowest BCUT2D eigenvalue weighted by Gasteiger charge is -2.41. The smallest absolute Gasteiger partial charge is 0.309 e. The number of hydrogen-bond donors (Lipinski definition) is 0. The van der Waals surface area contributed by atoms with Gasteiger partial charge in [-0.2, -0.15) is 0 Å². The molecule has 2 bridgehead atoms. The summed E-state index contributed by atoms with van der Waals surface area (Å²) in [6.45, 7) is 7.89. The molecule has 0 spiro atoms. The van der Waals surface area contributed by atoms with Crippen LogP contribution in [0.15, 0.2) is 12.2 Å². The molecular formula is C19H22O5. The molecule has 128 valence electrons. The van der Waals surface area contributed by atoms with Crippen LogP contribution >= 0.6 is 0 Å². The molecule has 0 aromatic rings. The second-order valence-electron chi connectivity index (χ2n) is 8.65. The summed E-state index contributed by atoms with van der Waals surface area (Å²) in [4.78, 5) is 38.6. The molecule has 0 amide bonds. The maximum atomic E-state index is 13.1. The minimum atomic E-state index is -0.664. The van der Waals surface area contributed by atoms with Crippen molar-refractivity contribution in [2.24, 2.45) is 35.5 Å². The molecule has 2 saturated heterocycles. The zero-order chi connectivity index (χ0) is 17.0. The van der Waals surface area contributed by atoms with Crippen molar-refractivity contribution < 1.29 is 23.9 Å². The Morgan fingerprint density at radius 1 is 1.25 bits per heavy atom. The Bertz CT molecular complexity index is 696. The molecule has 9 atom stereocenters. The Labute approximate surface area is 140 Å².